The summed E-state index contributed by atoms with van der Waals surface area (Å²) in [5.74, 6) is 0. The molecule has 0 saturated carbocycles. The summed E-state index contributed by atoms with van der Waals surface area (Å²) in [6.07, 6.45) is -4.73. The van der Waals surface area contributed by atoms with E-state index in [2.05, 4.69) is 4.40 Å². The fourth-order valence-electron chi connectivity index (χ4n) is 1.79. The number of rotatable bonds is 3. The number of nitrogens with zero attached hydrogens (tertiary/aromatic N) is 2. The van der Waals surface area contributed by atoms with Crippen molar-refractivity contribution in [2.75, 3.05) is 0 Å². The van der Waals surface area contributed by atoms with E-state index in [0.29, 0.717) is 6.07 Å². The topological polar surface area (TPSA) is 72.6 Å². The van der Waals surface area contributed by atoms with Crippen LogP contribution in [-0.4, -0.2) is 19.6 Å². The molecule has 0 aliphatic rings. The van der Waals surface area contributed by atoms with E-state index in [1.165, 1.54) is 13.8 Å². The molecule has 128 valence electrons. The Morgan fingerprint density at radius 3 is 2.17 bits per heavy atom. The maximum atomic E-state index is 13.1. The second-order valence-corrected chi connectivity index (χ2v) is 7.86. The van der Waals surface area contributed by atoms with Crippen LogP contribution in [0.5, 0.6) is 0 Å². The zero-order valence-electron chi connectivity index (χ0n) is 13.3. The third-order valence-corrected chi connectivity index (χ3v) is 4.53. The van der Waals surface area contributed by atoms with Crippen LogP contribution in [0.15, 0.2) is 16.5 Å². The molecule has 1 aromatic carbocycles. The highest BCUT2D eigenvalue weighted by Crippen LogP contribution is 2.36. The van der Waals surface area contributed by atoms with Crippen molar-refractivity contribution in [1.29, 1.82) is 0 Å². The molecule has 0 spiro atoms. The fourth-order valence-corrected chi connectivity index (χ4v) is 2.41. The number of halogens is 3. The Morgan fingerprint density at radius 1 is 1.26 bits per heavy atom. The third kappa shape index (κ3) is 4.60. The van der Waals surface area contributed by atoms with Crippen LogP contribution < -0.4 is 0 Å². The predicted molar refractivity (Wildman–Crippen MR) is 82.9 cm³/mol. The summed E-state index contributed by atoms with van der Waals surface area (Å²) in [6, 6.07) is 1.51. The van der Waals surface area contributed by atoms with Crippen LogP contribution in [0.25, 0.3) is 0 Å². The zero-order chi connectivity index (χ0) is 18.2. The summed E-state index contributed by atoms with van der Waals surface area (Å²) in [7, 11) is -1.68. The largest absolute Gasteiger partial charge is 0.416 e. The summed E-state index contributed by atoms with van der Waals surface area (Å²) < 4.78 is 54.4. The van der Waals surface area contributed by atoms with Crippen molar-refractivity contribution < 1.29 is 22.3 Å². The lowest BCUT2D eigenvalue weighted by Gasteiger charge is -2.16. The van der Waals surface area contributed by atoms with Gasteiger partial charge in [-0.3, -0.25) is 10.1 Å². The molecular formula is C14H17F3N2O3S. The average molecular weight is 350 g/mol. The van der Waals surface area contributed by atoms with Crippen LogP contribution in [-0.2, 0) is 17.2 Å². The summed E-state index contributed by atoms with van der Waals surface area (Å²) in [5, 5.41) is 10.9. The van der Waals surface area contributed by atoms with E-state index in [4.69, 9.17) is 0 Å². The van der Waals surface area contributed by atoms with Crippen LogP contribution in [0.2, 0.25) is 0 Å². The van der Waals surface area contributed by atoms with E-state index >= 15 is 0 Å². The van der Waals surface area contributed by atoms with Gasteiger partial charge in [0.15, 0.2) is 0 Å². The lowest BCUT2D eigenvalue weighted by atomic mass is 9.98. The number of benzene rings is 1. The Balaban J connectivity index is 3.58. The molecule has 0 radical (unpaired) electrons. The highest BCUT2D eigenvalue weighted by molar-refractivity contribution is 7.85. The normalized spacial score (nSPS) is 14.7. The van der Waals surface area contributed by atoms with Crippen molar-refractivity contribution in [2.24, 2.45) is 4.40 Å². The predicted octanol–water partition coefficient (Wildman–Crippen LogP) is 4.19. The third-order valence-electron chi connectivity index (χ3n) is 3.04. The average Bonchev–Trinajstić information content (AvgIpc) is 2.35. The van der Waals surface area contributed by atoms with Gasteiger partial charge >= 0.3 is 6.18 Å². The molecule has 0 fully saturated rings. The van der Waals surface area contributed by atoms with Crippen LogP contribution in [0.4, 0.5) is 18.9 Å². The molecule has 0 heterocycles. The van der Waals surface area contributed by atoms with Gasteiger partial charge < -0.3 is 0 Å². The minimum Gasteiger partial charge on any atom is -0.258 e. The van der Waals surface area contributed by atoms with E-state index < -0.39 is 38.1 Å². The van der Waals surface area contributed by atoms with Gasteiger partial charge in [0, 0.05) is 17.7 Å². The van der Waals surface area contributed by atoms with Crippen LogP contribution in [0, 0.1) is 17.0 Å². The van der Waals surface area contributed by atoms with Crippen molar-refractivity contribution in [3.8, 4) is 0 Å². The van der Waals surface area contributed by atoms with Gasteiger partial charge in [0.25, 0.3) is 5.69 Å². The van der Waals surface area contributed by atoms with Crippen molar-refractivity contribution in [2.45, 2.75) is 45.5 Å². The maximum Gasteiger partial charge on any atom is 0.416 e. The summed E-state index contributed by atoms with van der Waals surface area (Å²) >= 11 is 0. The number of non-ortho nitro benzene ring substituents is 1. The first-order valence-corrected chi connectivity index (χ1v) is 7.69. The molecule has 1 aromatic rings. The molecule has 23 heavy (non-hydrogen) atoms. The van der Waals surface area contributed by atoms with Gasteiger partial charge in [-0.25, -0.2) is 4.21 Å². The van der Waals surface area contributed by atoms with Crippen molar-refractivity contribution in [1.82, 2.24) is 0 Å². The summed E-state index contributed by atoms with van der Waals surface area (Å²) in [6.45, 7) is 7.60. The van der Waals surface area contributed by atoms with Gasteiger partial charge in [0.05, 0.1) is 20.9 Å². The lowest BCUT2D eigenvalue weighted by molar-refractivity contribution is -0.385. The van der Waals surface area contributed by atoms with Gasteiger partial charge in [-0.15, -0.1) is 0 Å². The van der Waals surface area contributed by atoms with Crippen molar-refractivity contribution in [3.63, 3.8) is 0 Å². The number of hydrogen-bond acceptors (Lipinski definition) is 3. The molecule has 1 rings (SSSR count). The van der Waals surface area contributed by atoms with Gasteiger partial charge in [-0.2, -0.15) is 17.6 Å². The Morgan fingerprint density at radius 2 is 1.78 bits per heavy atom. The van der Waals surface area contributed by atoms with Gasteiger partial charge in [-0.05, 0) is 40.2 Å². The molecule has 5 nitrogen and oxygen atoms in total. The monoisotopic (exact) mass is 350 g/mol. The molecule has 0 aromatic heterocycles. The van der Waals surface area contributed by atoms with Gasteiger partial charge in [-0.1, -0.05) is 0 Å². The van der Waals surface area contributed by atoms with E-state index in [1.807, 2.05) is 0 Å². The standard InChI is InChI=1S/C14H17F3N2O3S/c1-8-11(9(2)18-23(22)13(3,4)5)6-10(19(20)21)7-12(8)14(15,16)17/h6-7H,1-5H3/b18-9+/t23-/m1/s1. The first kappa shape index (κ1) is 19.3. The lowest BCUT2D eigenvalue weighted by Crippen LogP contribution is -2.21. The first-order valence-electron chi connectivity index (χ1n) is 6.59. The number of nitro benzene ring substituents is 1. The minimum absolute atomic E-state index is 0.0378. The van der Waals surface area contributed by atoms with E-state index in [0.717, 1.165) is 6.07 Å². The smallest absolute Gasteiger partial charge is 0.258 e. The SMILES string of the molecule is C/C(=N\[S@](=O)C(C)(C)C)c1cc([N+](=O)[O-])cc(C(F)(F)F)c1C. The molecule has 9 heteroatoms. The quantitative estimate of drug-likeness (QED) is 0.466. The molecule has 1 atom stereocenters. The second kappa shape index (κ2) is 6.38. The number of nitro groups is 1. The van der Waals surface area contributed by atoms with Crippen LogP contribution in [0.3, 0.4) is 0 Å². The van der Waals surface area contributed by atoms with Crippen LogP contribution >= 0.6 is 0 Å². The highest BCUT2D eigenvalue weighted by Gasteiger charge is 2.35. The molecule has 0 saturated heterocycles. The Bertz CT molecular complexity index is 692. The van der Waals surface area contributed by atoms with E-state index in [1.54, 1.807) is 20.8 Å². The Labute approximate surface area is 134 Å². The minimum atomic E-state index is -4.73. The Kier molecular flexibility index (Phi) is 5.35. The number of alkyl halides is 3. The summed E-state index contributed by atoms with van der Waals surface area (Å²) in [4.78, 5) is 9.99. The van der Waals surface area contributed by atoms with Crippen molar-refractivity contribution in [3.05, 3.63) is 38.9 Å². The van der Waals surface area contributed by atoms with Gasteiger partial charge in [0.1, 0.15) is 11.0 Å². The maximum absolute atomic E-state index is 13.1. The number of hydrogen-bond donors (Lipinski definition) is 0. The molecule has 0 amide bonds. The molecule has 0 bridgehead atoms. The van der Waals surface area contributed by atoms with Crippen LogP contribution in [0.1, 0.15) is 44.4 Å². The molecular weight excluding hydrogens is 333 g/mol. The first-order chi connectivity index (χ1) is 10.2. The molecule has 0 aliphatic heterocycles. The van der Waals surface area contributed by atoms with Gasteiger partial charge in [0.2, 0.25) is 0 Å². The second-order valence-electron chi connectivity index (χ2n) is 5.96. The summed E-state index contributed by atoms with van der Waals surface area (Å²) in [5.41, 5.74) is -1.95. The fraction of sp³-hybridized carbons (Fsp3) is 0.500. The molecule has 0 unspecified atom stereocenters. The van der Waals surface area contributed by atoms with Crippen molar-refractivity contribution >= 4 is 22.4 Å². The molecule has 0 aliphatic carbocycles. The van der Waals surface area contributed by atoms with E-state index in [9.17, 15) is 27.5 Å². The molecule has 0 N–H and O–H groups in total. The highest BCUT2D eigenvalue weighted by atomic mass is 32.2. The van der Waals surface area contributed by atoms with E-state index in [-0.39, 0.29) is 16.8 Å². The zero-order valence-corrected chi connectivity index (χ0v) is 14.1. The Hall–Kier alpha value is -1.77.